The topological polar surface area (TPSA) is 42.6 Å². The van der Waals surface area contributed by atoms with E-state index >= 15 is 0 Å². The number of nitriles is 1. The van der Waals surface area contributed by atoms with Crippen LogP contribution in [-0.4, -0.2) is 53.4 Å². The number of piperazine rings is 1. The zero-order chi connectivity index (χ0) is 10.7. The second-order valence-corrected chi connectivity index (χ2v) is 4.73. The summed E-state index contributed by atoms with van der Waals surface area (Å²) in [5.41, 5.74) is 0. The molecule has 1 aliphatic carbocycles. The predicted molar refractivity (Wildman–Crippen MR) is 62.7 cm³/mol. The monoisotopic (exact) mass is 224 g/mol. The zero-order valence-corrected chi connectivity index (χ0v) is 9.83. The fourth-order valence-electron chi connectivity index (χ4n) is 2.01. The molecule has 0 radical (unpaired) electrons. The molecular weight excluding hydrogens is 208 g/mol. The first-order chi connectivity index (χ1) is 7.35. The van der Waals surface area contributed by atoms with Crippen molar-refractivity contribution in [1.29, 1.82) is 5.26 Å². The van der Waals surface area contributed by atoms with Gasteiger partial charge < -0.3 is 4.90 Å². The smallest absolute Gasteiger partial charge is 0.208 e. The fourth-order valence-corrected chi connectivity index (χ4v) is 2.58. The van der Waals surface area contributed by atoms with Gasteiger partial charge in [-0.1, -0.05) is 11.8 Å². The highest BCUT2D eigenvalue weighted by Gasteiger charge is 2.31. The predicted octanol–water partition coefficient (Wildman–Crippen LogP) is 0.966. The van der Waals surface area contributed by atoms with Gasteiger partial charge in [0.15, 0.2) is 5.17 Å². The van der Waals surface area contributed by atoms with Crippen LogP contribution in [0.1, 0.15) is 12.8 Å². The van der Waals surface area contributed by atoms with Crippen molar-refractivity contribution in [2.45, 2.75) is 18.9 Å². The van der Waals surface area contributed by atoms with Gasteiger partial charge >= 0.3 is 0 Å². The van der Waals surface area contributed by atoms with Crippen LogP contribution in [0.5, 0.6) is 0 Å². The van der Waals surface area contributed by atoms with Gasteiger partial charge in [0, 0.05) is 32.2 Å². The molecule has 0 aromatic heterocycles. The van der Waals surface area contributed by atoms with Gasteiger partial charge in [-0.2, -0.15) is 5.26 Å². The maximum absolute atomic E-state index is 8.56. The van der Waals surface area contributed by atoms with Crippen molar-refractivity contribution in [3.05, 3.63) is 0 Å². The van der Waals surface area contributed by atoms with Crippen molar-refractivity contribution in [2.75, 3.05) is 32.4 Å². The van der Waals surface area contributed by atoms with Crippen LogP contribution in [0.3, 0.4) is 0 Å². The molecule has 0 amide bonds. The third-order valence-corrected chi connectivity index (χ3v) is 3.69. The molecule has 1 saturated carbocycles. The lowest BCUT2D eigenvalue weighted by Gasteiger charge is -2.35. The normalized spacial score (nSPS) is 24.0. The van der Waals surface area contributed by atoms with Gasteiger partial charge in [0.25, 0.3) is 0 Å². The van der Waals surface area contributed by atoms with Crippen molar-refractivity contribution in [1.82, 2.24) is 9.80 Å². The van der Waals surface area contributed by atoms with Crippen LogP contribution < -0.4 is 0 Å². The number of hydrogen-bond acceptors (Lipinski definition) is 4. The van der Waals surface area contributed by atoms with Crippen molar-refractivity contribution >= 4 is 16.9 Å². The lowest BCUT2D eigenvalue weighted by molar-refractivity contribution is 0.176. The second kappa shape index (κ2) is 4.86. The summed E-state index contributed by atoms with van der Waals surface area (Å²) in [6.45, 7) is 4.26. The van der Waals surface area contributed by atoms with Crippen LogP contribution in [-0.2, 0) is 0 Å². The minimum absolute atomic E-state index is 0.859. The molecule has 1 saturated heterocycles. The SMILES string of the molecule is CSC(=NC#N)N1CCN(C2CC2)CC1. The van der Waals surface area contributed by atoms with Gasteiger partial charge in [0.1, 0.15) is 0 Å². The molecule has 0 aromatic carbocycles. The molecule has 1 heterocycles. The Kier molecular flexibility index (Phi) is 3.49. The highest BCUT2D eigenvalue weighted by molar-refractivity contribution is 8.13. The Hall–Kier alpha value is -0.730. The summed E-state index contributed by atoms with van der Waals surface area (Å²) in [5.74, 6) is 0. The summed E-state index contributed by atoms with van der Waals surface area (Å²) in [4.78, 5) is 8.62. The average Bonchev–Trinajstić information content (AvgIpc) is 3.10. The summed E-state index contributed by atoms with van der Waals surface area (Å²) in [7, 11) is 0. The molecule has 82 valence electrons. The first-order valence-electron chi connectivity index (χ1n) is 5.35. The standard InChI is InChI=1S/C10H16N4S/c1-15-10(12-8-11)14-6-4-13(5-7-14)9-2-3-9/h9H,2-7H2,1H3. The molecule has 2 rings (SSSR count). The molecule has 4 nitrogen and oxygen atoms in total. The van der Waals surface area contributed by atoms with Crippen LogP contribution in [0, 0.1) is 11.5 Å². The van der Waals surface area contributed by atoms with Crippen LogP contribution in [0.2, 0.25) is 0 Å². The first kappa shape index (κ1) is 10.8. The molecule has 0 atom stereocenters. The molecule has 0 bridgehead atoms. The first-order valence-corrected chi connectivity index (χ1v) is 6.57. The number of hydrogen-bond donors (Lipinski definition) is 0. The molecule has 2 fully saturated rings. The molecule has 1 aliphatic heterocycles. The maximum Gasteiger partial charge on any atom is 0.208 e. The van der Waals surface area contributed by atoms with E-state index < -0.39 is 0 Å². The highest BCUT2D eigenvalue weighted by Crippen LogP contribution is 2.27. The average molecular weight is 224 g/mol. The minimum Gasteiger partial charge on any atom is -0.348 e. The Morgan fingerprint density at radius 2 is 2.00 bits per heavy atom. The molecule has 0 spiro atoms. The molecule has 0 aromatic rings. The Balaban J connectivity index is 1.86. The van der Waals surface area contributed by atoms with E-state index in [1.807, 2.05) is 12.4 Å². The largest absolute Gasteiger partial charge is 0.348 e. The Morgan fingerprint density at radius 3 is 2.47 bits per heavy atom. The van der Waals surface area contributed by atoms with Crippen molar-refractivity contribution in [2.24, 2.45) is 4.99 Å². The zero-order valence-electron chi connectivity index (χ0n) is 9.02. The summed E-state index contributed by atoms with van der Waals surface area (Å²) >= 11 is 1.56. The lowest BCUT2D eigenvalue weighted by atomic mass is 10.3. The Morgan fingerprint density at radius 1 is 1.33 bits per heavy atom. The number of thioether (sulfide) groups is 1. The van der Waals surface area contributed by atoms with E-state index in [1.165, 1.54) is 12.8 Å². The van der Waals surface area contributed by atoms with E-state index in [4.69, 9.17) is 5.26 Å². The van der Waals surface area contributed by atoms with Gasteiger partial charge in [-0.05, 0) is 19.1 Å². The quantitative estimate of drug-likeness (QED) is 0.378. The van der Waals surface area contributed by atoms with Gasteiger partial charge in [0.2, 0.25) is 6.19 Å². The summed E-state index contributed by atoms with van der Waals surface area (Å²) in [5, 5.41) is 9.43. The molecule has 15 heavy (non-hydrogen) atoms. The number of amidine groups is 1. The van der Waals surface area contributed by atoms with Gasteiger partial charge in [-0.15, -0.1) is 4.99 Å². The number of nitrogens with zero attached hydrogens (tertiary/aromatic N) is 4. The van der Waals surface area contributed by atoms with Gasteiger partial charge in [-0.25, -0.2) is 0 Å². The molecular formula is C10H16N4S. The number of rotatable bonds is 1. The maximum atomic E-state index is 8.56. The Labute approximate surface area is 94.9 Å². The molecule has 2 aliphatic rings. The summed E-state index contributed by atoms with van der Waals surface area (Å²) in [6.07, 6.45) is 6.60. The van der Waals surface area contributed by atoms with Crippen LogP contribution in [0.4, 0.5) is 0 Å². The summed E-state index contributed by atoms with van der Waals surface area (Å²) < 4.78 is 0. The van der Waals surface area contributed by atoms with E-state index in [1.54, 1.807) is 11.8 Å². The van der Waals surface area contributed by atoms with Crippen LogP contribution in [0.15, 0.2) is 4.99 Å². The van der Waals surface area contributed by atoms with Gasteiger partial charge in [0.05, 0.1) is 0 Å². The van der Waals surface area contributed by atoms with Crippen LogP contribution in [0.25, 0.3) is 0 Å². The summed E-state index contributed by atoms with van der Waals surface area (Å²) in [6, 6.07) is 0.859. The van der Waals surface area contributed by atoms with E-state index in [0.29, 0.717) is 0 Å². The lowest BCUT2D eigenvalue weighted by Crippen LogP contribution is -2.48. The molecule has 0 unspecified atom stereocenters. The second-order valence-electron chi connectivity index (χ2n) is 3.95. The van der Waals surface area contributed by atoms with E-state index in [2.05, 4.69) is 14.8 Å². The molecule has 5 heteroatoms. The van der Waals surface area contributed by atoms with Crippen LogP contribution >= 0.6 is 11.8 Å². The Bertz CT molecular complexity index is 284. The van der Waals surface area contributed by atoms with Crippen molar-refractivity contribution < 1.29 is 0 Å². The number of aliphatic imine (C=N–C) groups is 1. The van der Waals surface area contributed by atoms with Crippen molar-refractivity contribution in [3.8, 4) is 6.19 Å². The van der Waals surface area contributed by atoms with E-state index in [-0.39, 0.29) is 0 Å². The molecule has 0 N–H and O–H groups in total. The third kappa shape index (κ3) is 2.64. The van der Waals surface area contributed by atoms with E-state index in [9.17, 15) is 0 Å². The van der Waals surface area contributed by atoms with E-state index in [0.717, 1.165) is 37.4 Å². The fraction of sp³-hybridized carbons (Fsp3) is 0.800. The highest BCUT2D eigenvalue weighted by atomic mass is 32.2. The third-order valence-electron chi connectivity index (χ3n) is 2.98. The van der Waals surface area contributed by atoms with Gasteiger partial charge in [-0.3, -0.25) is 4.90 Å². The van der Waals surface area contributed by atoms with Crippen molar-refractivity contribution in [3.63, 3.8) is 0 Å². The minimum atomic E-state index is 0.859.